The molecule has 116 valence electrons. The van der Waals surface area contributed by atoms with Crippen LogP contribution in [0.1, 0.15) is 70.6 Å². The molecule has 8 aliphatic rings. The van der Waals surface area contributed by atoms with E-state index in [2.05, 4.69) is 15.9 Å². The number of alkyl halides is 1. The highest BCUT2D eigenvalue weighted by Gasteiger charge is 2.67. The van der Waals surface area contributed by atoms with Gasteiger partial charge in [0.15, 0.2) is 0 Å². The van der Waals surface area contributed by atoms with E-state index in [1.54, 1.807) is 70.6 Å². The van der Waals surface area contributed by atoms with Crippen LogP contribution in [0.2, 0.25) is 0 Å². The Morgan fingerprint density at radius 3 is 1.48 bits per heavy atom. The average molecular weight is 349 g/mol. The second-order valence-electron chi connectivity index (χ2n) is 10.4. The zero-order valence-corrected chi connectivity index (χ0v) is 14.8. The van der Waals surface area contributed by atoms with Gasteiger partial charge < -0.3 is 0 Å². The molecule has 0 aromatic carbocycles. The first-order valence-electron chi connectivity index (χ1n) is 9.80. The van der Waals surface area contributed by atoms with E-state index in [4.69, 9.17) is 0 Å². The maximum atomic E-state index is 4.33. The first-order valence-corrected chi connectivity index (χ1v) is 10.7. The summed E-state index contributed by atoms with van der Waals surface area (Å²) in [5.41, 5.74) is 1.52. The summed E-state index contributed by atoms with van der Waals surface area (Å²) in [4.78, 5) is 0.883. The van der Waals surface area contributed by atoms with Crippen LogP contribution < -0.4 is 0 Å². The summed E-state index contributed by atoms with van der Waals surface area (Å²) in [7, 11) is 0. The van der Waals surface area contributed by atoms with Crippen molar-refractivity contribution in [3.05, 3.63) is 0 Å². The second-order valence-corrected chi connectivity index (χ2v) is 11.3. The molecule has 0 N–H and O–H groups in total. The molecular formula is C20H29Br. The summed E-state index contributed by atoms with van der Waals surface area (Å²) in [6.45, 7) is 0. The Balaban J connectivity index is 1.47. The smallest absolute Gasteiger partial charge is 0.0236 e. The van der Waals surface area contributed by atoms with E-state index in [0.717, 1.165) is 51.2 Å². The molecule has 0 nitrogen and oxygen atoms in total. The first kappa shape index (κ1) is 12.8. The fraction of sp³-hybridized carbons (Fsp3) is 1.00. The maximum absolute atomic E-state index is 4.33. The van der Waals surface area contributed by atoms with Gasteiger partial charge in [0.1, 0.15) is 0 Å². The number of halogens is 1. The van der Waals surface area contributed by atoms with Crippen molar-refractivity contribution in [2.45, 2.75) is 75.5 Å². The van der Waals surface area contributed by atoms with E-state index >= 15 is 0 Å². The summed E-state index contributed by atoms with van der Waals surface area (Å²) >= 11 is 4.33. The van der Waals surface area contributed by atoms with Crippen LogP contribution >= 0.6 is 15.9 Å². The van der Waals surface area contributed by atoms with Crippen molar-refractivity contribution < 1.29 is 0 Å². The Morgan fingerprint density at radius 2 is 1.00 bits per heavy atom. The van der Waals surface area contributed by atoms with E-state index in [1.807, 2.05) is 0 Å². The predicted octanol–water partition coefficient (Wildman–Crippen LogP) is 5.79. The van der Waals surface area contributed by atoms with Crippen LogP contribution in [0.3, 0.4) is 0 Å². The van der Waals surface area contributed by atoms with Crippen LogP contribution in [0.25, 0.3) is 0 Å². The summed E-state index contributed by atoms with van der Waals surface area (Å²) in [6, 6.07) is 0. The molecule has 21 heavy (non-hydrogen) atoms. The van der Waals surface area contributed by atoms with Crippen molar-refractivity contribution in [1.82, 2.24) is 0 Å². The molecule has 8 rings (SSSR count). The Labute approximate surface area is 138 Å². The average Bonchev–Trinajstić information content (AvgIpc) is 2.42. The fourth-order valence-electron chi connectivity index (χ4n) is 9.42. The van der Waals surface area contributed by atoms with Gasteiger partial charge in [-0.25, -0.2) is 0 Å². The minimum Gasteiger partial charge on any atom is -0.0881 e. The molecule has 0 heterocycles. The van der Waals surface area contributed by atoms with Gasteiger partial charge in [0.05, 0.1) is 0 Å². The third-order valence-corrected chi connectivity index (χ3v) is 10.9. The van der Waals surface area contributed by atoms with Gasteiger partial charge in [0.25, 0.3) is 0 Å². The van der Waals surface area contributed by atoms with Crippen molar-refractivity contribution in [1.29, 1.82) is 0 Å². The highest BCUT2D eigenvalue weighted by molar-refractivity contribution is 9.09. The Hall–Kier alpha value is 0.480. The highest BCUT2D eigenvalue weighted by Crippen LogP contribution is 2.75. The summed E-state index contributed by atoms with van der Waals surface area (Å²) in [5, 5.41) is 0. The third kappa shape index (κ3) is 1.49. The quantitative estimate of drug-likeness (QED) is 0.526. The Bertz CT molecular complexity index is 431. The van der Waals surface area contributed by atoms with Gasteiger partial charge in [0.2, 0.25) is 0 Å². The van der Waals surface area contributed by atoms with Crippen LogP contribution in [-0.4, -0.2) is 4.83 Å². The molecule has 0 saturated heterocycles. The lowest BCUT2D eigenvalue weighted by Gasteiger charge is -2.71. The van der Waals surface area contributed by atoms with E-state index in [1.165, 1.54) is 0 Å². The molecule has 0 aromatic rings. The van der Waals surface area contributed by atoms with E-state index < -0.39 is 0 Å². The van der Waals surface area contributed by atoms with E-state index in [-0.39, 0.29) is 0 Å². The summed E-state index contributed by atoms with van der Waals surface area (Å²) < 4.78 is 0. The highest BCUT2D eigenvalue weighted by atomic mass is 79.9. The third-order valence-electron chi connectivity index (χ3n) is 9.28. The molecule has 0 radical (unpaired) electrons. The summed E-state index contributed by atoms with van der Waals surface area (Å²) in [6.07, 6.45) is 17.7. The SMILES string of the molecule is BrC1C2CC3CC(C2)CC1(C12CC4CC(CC(C4)C1)C2)C3. The molecule has 1 heteroatoms. The second kappa shape index (κ2) is 3.93. The van der Waals surface area contributed by atoms with Gasteiger partial charge in [-0.2, -0.15) is 0 Å². The zero-order valence-electron chi connectivity index (χ0n) is 13.2. The molecule has 8 bridgehead atoms. The van der Waals surface area contributed by atoms with Crippen LogP contribution in [0, 0.1) is 46.3 Å². The molecular weight excluding hydrogens is 320 g/mol. The minimum absolute atomic E-state index is 0.734. The van der Waals surface area contributed by atoms with Crippen LogP contribution in [-0.2, 0) is 0 Å². The molecule has 8 fully saturated rings. The maximum Gasteiger partial charge on any atom is 0.0236 e. The number of rotatable bonds is 1. The van der Waals surface area contributed by atoms with Crippen molar-refractivity contribution in [2.75, 3.05) is 0 Å². The fourth-order valence-corrected chi connectivity index (χ4v) is 10.7. The van der Waals surface area contributed by atoms with Gasteiger partial charge in [-0.05, 0) is 117 Å². The molecule has 0 amide bonds. The van der Waals surface area contributed by atoms with Gasteiger partial charge >= 0.3 is 0 Å². The van der Waals surface area contributed by atoms with E-state index in [9.17, 15) is 0 Å². The lowest BCUT2D eigenvalue weighted by atomic mass is 9.35. The van der Waals surface area contributed by atoms with Gasteiger partial charge in [-0.15, -0.1) is 0 Å². The van der Waals surface area contributed by atoms with Gasteiger partial charge in [0, 0.05) is 4.83 Å². The largest absolute Gasteiger partial charge is 0.0881 e. The van der Waals surface area contributed by atoms with Crippen LogP contribution in [0.15, 0.2) is 0 Å². The minimum atomic E-state index is 0.734. The van der Waals surface area contributed by atoms with Crippen molar-refractivity contribution in [3.63, 3.8) is 0 Å². The lowest BCUT2D eigenvalue weighted by Crippen LogP contribution is -2.65. The first-order chi connectivity index (χ1) is 10.2. The molecule has 8 saturated carbocycles. The van der Waals surface area contributed by atoms with Crippen molar-refractivity contribution in [2.24, 2.45) is 46.3 Å². The summed E-state index contributed by atoms with van der Waals surface area (Å²) in [5.74, 6) is 6.66. The Kier molecular flexibility index (Phi) is 2.40. The van der Waals surface area contributed by atoms with E-state index in [0.29, 0.717) is 0 Å². The Morgan fingerprint density at radius 1 is 0.571 bits per heavy atom. The molecule has 0 aromatic heterocycles. The molecule has 3 unspecified atom stereocenters. The normalized spacial score (nSPS) is 67.0. The molecule has 3 atom stereocenters. The lowest BCUT2D eigenvalue weighted by molar-refractivity contribution is -0.193. The topological polar surface area (TPSA) is 0 Å². The molecule has 8 aliphatic carbocycles. The van der Waals surface area contributed by atoms with Gasteiger partial charge in [-0.1, -0.05) is 15.9 Å². The van der Waals surface area contributed by atoms with Crippen LogP contribution in [0.5, 0.6) is 0 Å². The molecule has 0 spiro atoms. The monoisotopic (exact) mass is 348 g/mol. The number of hydrogen-bond acceptors (Lipinski definition) is 0. The zero-order chi connectivity index (χ0) is 13.8. The molecule has 0 aliphatic heterocycles. The van der Waals surface area contributed by atoms with Gasteiger partial charge in [-0.3, -0.25) is 0 Å². The number of hydrogen-bond donors (Lipinski definition) is 0. The standard InChI is InChI=1S/C20H29Br/c21-18-17-5-15-4-16(6-17)11-20(18,10-15)19-7-12-1-13(8-19)3-14(2-12)9-19/h12-18H,1-11H2. The predicted molar refractivity (Wildman–Crippen MR) is 89.3 cm³/mol. The van der Waals surface area contributed by atoms with Crippen LogP contribution in [0.4, 0.5) is 0 Å². The van der Waals surface area contributed by atoms with Crippen molar-refractivity contribution >= 4 is 15.9 Å². The van der Waals surface area contributed by atoms with Crippen molar-refractivity contribution in [3.8, 4) is 0 Å².